The molecule has 0 N–H and O–H groups in total. The van der Waals surface area contributed by atoms with Gasteiger partial charge >= 0.3 is 0 Å². The van der Waals surface area contributed by atoms with Gasteiger partial charge in [0.1, 0.15) is 5.82 Å². The van der Waals surface area contributed by atoms with E-state index in [1.54, 1.807) is 4.90 Å². The number of rotatable bonds is 2. The highest BCUT2D eigenvalue weighted by molar-refractivity contribution is 6.31. The van der Waals surface area contributed by atoms with Crippen molar-refractivity contribution in [3.05, 3.63) is 34.6 Å². The van der Waals surface area contributed by atoms with Crippen molar-refractivity contribution in [2.24, 2.45) is 0 Å². The lowest BCUT2D eigenvalue weighted by Gasteiger charge is -2.36. The minimum atomic E-state index is -0.494. The van der Waals surface area contributed by atoms with Crippen LogP contribution in [0, 0.1) is 5.82 Å². The van der Waals surface area contributed by atoms with Crippen LogP contribution in [0.4, 0.5) is 4.39 Å². The third-order valence-electron chi connectivity index (χ3n) is 4.57. The zero-order valence-corrected chi connectivity index (χ0v) is 12.8. The number of amides is 1. The van der Waals surface area contributed by atoms with Gasteiger partial charge in [-0.05, 0) is 57.0 Å². The molecule has 2 fully saturated rings. The van der Waals surface area contributed by atoms with Gasteiger partial charge in [-0.25, -0.2) is 4.39 Å². The van der Waals surface area contributed by atoms with Gasteiger partial charge in [0, 0.05) is 24.2 Å². The maximum absolute atomic E-state index is 13.8. The summed E-state index contributed by atoms with van der Waals surface area (Å²) in [4.78, 5) is 16.7. The highest BCUT2D eigenvalue weighted by Gasteiger charge is 2.29. The number of carbonyl (C=O) groups is 1. The molecule has 5 heteroatoms. The van der Waals surface area contributed by atoms with Crippen molar-refractivity contribution in [3.8, 4) is 0 Å². The molecule has 0 unspecified atom stereocenters. The summed E-state index contributed by atoms with van der Waals surface area (Å²) in [6.45, 7) is 3.76. The lowest BCUT2D eigenvalue weighted by molar-refractivity contribution is 0.0640. The molecule has 3 rings (SSSR count). The van der Waals surface area contributed by atoms with Gasteiger partial charge in [0.05, 0.1) is 5.56 Å². The second-order valence-electron chi connectivity index (χ2n) is 5.89. The van der Waals surface area contributed by atoms with Crippen LogP contribution in [0.2, 0.25) is 5.02 Å². The molecule has 1 amide bonds. The Labute approximate surface area is 129 Å². The van der Waals surface area contributed by atoms with Crippen LogP contribution in [0.15, 0.2) is 18.2 Å². The van der Waals surface area contributed by atoms with Crippen molar-refractivity contribution >= 4 is 17.5 Å². The average molecular weight is 311 g/mol. The van der Waals surface area contributed by atoms with Gasteiger partial charge in [0.2, 0.25) is 0 Å². The summed E-state index contributed by atoms with van der Waals surface area (Å²) in [5, 5.41) is 0.395. The van der Waals surface area contributed by atoms with Crippen molar-refractivity contribution in [2.75, 3.05) is 26.2 Å². The third kappa shape index (κ3) is 3.22. The van der Waals surface area contributed by atoms with Crippen molar-refractivity contribution in [3.63, 3.8) is 0 Å². The summed E-state index contributed by atoms with van der Waals surface area (Å²) in [6.07, 6.45) is 4.53. The van der Waals surface area contributed by atoms with E-state index in [-0.39, 0.29) is 11.5 Å². The molecular formula is C16H20ClFN2O. The predicted octanol–water partition coefficient (Wildman–Crippen LogP) is 3.18. The highest BCUT2D eigenvalue weighted by Crippen LogP contribution is 2.23. The molecule has 0 atom stereocenters. The van der Waals surface area contributed by atoms with Crippen LogP contribution < -0.4 is 0 Å². The van der Waals surface area contributed by atoms with E-state index in [9.17, 15) is 9.18 Å². The molecule has 2 heterocycles. The largest absolute Gasteiger partial charge is 0.338 e. The van der Waals surface area contributed by atoms with Crippen molar-refractivity contribution in [1.82, 2.24) is 9.80 Å². The molecule has 2 aliphatic heterocycles. The number of hydrogen-bond acceptors (Lipinski definition) is 2. The zero-order valence-electron chi connectivity index (χ0n) is 12.0. The number of hydrogen-bond donors (Lipinski definition) is 0. The Hall–Kier alpha value is -1.13. The monoisotopic (exact) mass is 310 g/mol. The van der Waals surface area contributed by atoms with Crippen molar-refractivity contribution in [2.45, 2.75) is 31.7 Å². The second kappa shape index (κ2) is 6.32. The number of nitrogens with zero attached hydrogens (tertiary/aromatic N) is 2. The maximum atomic E-state index is 13.8. The van der Waals surface area contributed by atoms with E-state index >= 15 is 0 Å². The molecule has 2 saturated heterocycles. The second-order valence-corrected chi connectivity index (χ2v) is 6.33. The SMILES string of the molecule is O=C(c1cc(Cl)ccc1F)N1CCC(N2CCCC2)CC1. The molecule has 3 nitrogen and oxygen atoms in total. The zero-order chi connectivity index (χ0) is 14.8. The van der Waals surface area contributed by atoms with Gasteiger partial charge in [0.25, 0.3) is 5.91 Å². The molecule has 0 aromatic heterocycles. The standard InChI is InChI=1S/C16H20ClFN2O/c17-12-3-4-15(18)14(11-12)16(21)20-9-5-13(6-10-20)19-7-1-2-8-19/h3-4,11,13H,1-2,5-10H2. The first-order valence-corrected chi connectivity index (χ1v) is 8.01. The molecule has 2 aliphatic rings. The maximum Gasteiger partial charge on any atom is 0.256 e. The fourth-order valence-corrected chi connectivity index (χ4v) is 3.54. The molecule has 114 valence electrons. The van der Waals surface area contributed by atoms with Crippen LogP contribution in [-0.4, -0.2) is 47.9 Å². The Morgan fingerprint density at radius 1 is 1.14 bits per heavy atom. The smallest absolute Gasteiger partial charge is 0.256 e. The Morgan fingerprint density at radius 2 is 1.81 bits per heavy atom. The van der Waals surface area contributed by atoms with Crippen LogP contribution in [-0.2, 0) is 0 Å². The van der Waals surface area contributed by atoms with Crippen LogP contribution in [0.25, 0.3) is 0 Å². The van der Waals surface area contributed by atoms with E-state index in [4.69, 9.17) is 11.6 Å². The Balaban J connectivity index is 1.63. The number of likely N-dealkylation sites (tertiary alicyclic amines) is 2. The van der Waals surface area contributed by atoms with Crippen LogP contribution >= 0.6 is 11.6 Å². The van der Waals surface area contributed by atoms with Gasteiger partial charge in [-0.3, -0.25) is 4.79 Å². The fraction of sp³-hybridized carbons (Fsp3) is 0.562. The Morgan fingerprint density at radius 3 is 2.48 bits per heavy atom. The van der Waals surface area contributed by atoms with Crippen molar-refractivity contribution < 1.29 is 9.18 Å². The predicted molar refractivity (Wildman–Crippen MR) is 81.1 cm³/mol. The molecule has 0 radical (unpaired) electrons. The lowest BCUT2D eigenvalue weighted by Crippen LogP contribution is -2.46. The molecular weight excluding hydrogens is 291 g/mol. The minimum absolute atomic E-state index is 0.0853. The summed E-state index contributed by atoms with van der Waals surface area (Å²) in [6, 6.07) is 4.73. The third-order valence-corrected chi connectivity index (χ3v) is 4.80. The van der Waals surface area contributed by atoms with Crippen LogP contribution in [0.3, 0.4) is 0 Å². The summed E-state index contributed by atoms with van der Waals surface area (Å²) >= 11 is 5.87. The van der Waals surface area contributed by atoms with Gasteiger partial charge < -0.3 is 9.80 Å². The Kier molecular flexibility index (Phi) is 4.45. The van der Waals surface area contributed by atoms with E-state index in [0.29, 0.717) is 24.2 Å². The number of halogens is 2. The van der Waals surface area contributed by atoms with E-state index in [1.165, 1.54) is 44.1 Å². The van der Waals surface area contributed by atoms with Gasteiger partial charge in [-0.1, -0.05) is 11.6 Å². The van der Waals surface area contributed by atoms with E-state index in [2.05, 4.69) is 4.90 Å². The molecule has 1 aromatic carbocycles. The van der Waals surface area contributed by atoms with E-state index < -0.39 is 5.82 Å². The van der Waals surface area contributed by atoms with Crippen LogP contribution in [0.1, 0.15) is 36.0 Å². The summed E-state index contributed by atoms with van der Waals surface area (Å²) < 4.78 is 13.8. The quantitative estimate of drug-likeness (QED) is 0.837. The van der Waals surface area contributed by atoms with E-state index in [1.807, 2.05) is 0 Å². The number of benzene rings is 1. The first-order chi connectivity index (χ1) is 10.1. The Bertz CT molecular complexity index is 523. The number of piperidine rings is 1. The average Bonchev–Trinajstić information content (AvgIpc) is 3.03. The van der Waals surface area contributed by atoms with Crippen molar-refractivity contribution in [1.29, 1.82) is 0 Å². The molecule has 1 aromatic rings. The minimum Gasteiger partial charge on any atom is -0.338 e. The van der Waals surface area contributed by atoms with E-state index in [0.717, 1.165) is 12.8 Å². The lowest BCUT2D eigenvalue weighted by atomic mass is 10.0. The molecule has 0 saturated carbocycles. The number of carbonyl (C=O) groups excluding carboxylic acids is 1. The topological polar surface area (TPSA) is 23.6 Å². The van der Waals surface area contributed by atoms with Gasteiger partial charge in [-0.2, -0.15) is 0 Å². The summed E-state index contributed by atoms with van der Waals surface area (Å²) in [5.74, 6) is -0.735. The first-order valence-electron chi connectivity index (χ1n) is 7.63. The van der Waals surface area contributed by atoms with Gasteiger partial charge in [0.15, 0.2) is 0 Å². The molecule has 0 spiro atoms. The first kappa shape index (κ1) is 14.8. The molecule has 0 aliphatic carbocycles. The summed E-state index contributed by atoms with van der Waals surface area (Å²) in [5.41, 5.74) is 0.0853. The normalized spacial score (nSPS) is 21.0. The molecule has 0 bridgehead atoms. The highest BCUT2D eigenvalue weighted by atomic mass is 35.5. The fourth-order valence-electron chi connectivity index (χ4n) is 3.37. The molecule has 21 heavy (non-hydrogen) atoms. The van der Waals surface area contributed by atoms with Crippen LogP contribution in [0.5, 0.6) is 0 Å². The summed E-state index contributed by atoms with van der Waals surface area (Å²) in [7, 11) is 0. The van der Waals surface area contributed by atoms with Gasteiger partial charge in [-0.15, -0.1) is 0 Å².